The van der Waals surface area contributed by atoms with E-state index in [4.69, 9.17) is 16.3 Å². The molecule has 0 saturated carbocycles. The van der Waals surface area contributed by atoms with Crippen LogP contribution in [0.3, 0.4) is 0 Å². The third kappa shape index (κ3) is 9.26. The van der Waals surface area contributed by atoms with Crippen molar-refractivity contribution in [2.75, 3.05) is 6.61 Å². The maximum atomic E-state index is 10.9. The Morgan fingerprint density at radius 3 is 2.57 bits per heavy atom. The molecule has 4 heteroatoms. The van der Waals surface area contributed by atoms with Crippen LogP contribution < -0.4 is 0 Å². The quantitative estimate of drug-likeness (QED) is 0.285. The minimum atomic E-state index is -0.507. The highest BCUT2D eigenvalue weighted by Crippen LogP contribution is 1.98. The molecule has 0 rings (SSSR count). The fourth-order valence-corrected chi connectivity index (χ4v) is 0.892. The minimum absolute atomic E-state index is 0.0468. The Hall–Kier alpha value is -0.830. The fraction of sp³-hybridized carbons (Fsp3) is 0.600. The molecule has 0 aliphatic heterocycles. The molecule has 0 spiro atoms. The zero-order valence-corrected chi connectivity index (χ0v) is 9.05. The van der Waals surface area contributed by atoms with Gasteiger partial charge in [-0.1, -0.05) is 19.1 Å². The van der Waals surface area contributed by atoms with E-state index < -0.39 is 5.24 Å². The molecular formula is C10H15ClO3. The first-order valence-electron chi connectivity index (χ1n) is 4.65. The largest absolute Gasteiger partial charge is 0.465 e. The van der Waals surface area contributed by atoms with Gasteiger partial charge >= 0.3 is 5.97 Å². The first-order valence-corrected chi connectivity index (χ1v) is 5.03. The molecule has 0 bridgehead atoms. The Kier molecular flexibility index (Phi) is 8.24. The third-order valence-corrected chi connectivity index (χ3v) is 1.66. The van der Waals surface area contributed by atoms with Crippen LogP contribution in [0.15, 0.2) is 12.2 Å². The fourth-order valence-electron chi connectivity index (χ4n) is 0.798. The molecule has 0 radical (unpaired) electrons. The number of hydrogen-bond donors (Lipinski definition) is 0. The van der Waals surface area contributed by atoms with Gasteiger partial charge in [-0.05, 0) is 24.4 Å². The standard InChI is InChI=1S/C10H15ClO3/c1-2-3-4-5-8-14-10(13)7-6-9(11)12/h3-4H,2,5-8H2,1H3/b4-3-. The van der Waals surface area contributed by atoms with E-state index in [1.807, 2.05) is 19.1 Å². The number of ether oxygens (including phenoxy) is 1. The van der Waals surface area contributed by atoms with Crippen molar-refractivity contribution in [2.24, 2.45) is 0 Å². The highest BCUT2D eigenvalue weighted by atomic mass is 35.5. The zero-order chi connectivity index (χ0) is 10.8. The van der Waals surface area contributed by atoms with Gasteiger partial charge in [0.15, 0.2) is 0 Å². The second-order valence-electron chi connectivity index (χ2n) is 2.74. The van der Waals surface area contributed by atoms with Gasteiger partial charge in [0, 0.05) is 6.42 Å². The van der Waals surface area contributed by atoms with E-state index in [0.29, 0.717) is 13.0 Å². The van der Waals surface area contributed by atoms with Crippen molar-refractivity contribution < 1.29 is 14.3 Å². The lowest BCUT2D eigenvalue weighted by molar-refractivity contribution is -0.144. The molecular weight excluding hydrogens is 204 g/mol. The van der Waals surface area contributed by atoms with Crippen molar-refractivity contribution in [2.45, 2.75) is 32.6 Å². The molecule has 0 heterocycles. The van der Waals surface area contributed by atoms with Crippen LogP contribution in [-0.2, 0) is 14.3 Å². The van der Waals surface area contributed by atoms with Crippen LogP contribution >= 0.6 is 11.6 Å². The minimum Gasteiger partial charge on any atom is -0.465 e. The molecule has 80 valence electrons. The summed E-state index contributed by atoms with van der Waals surface area (Å²) in [6.07, 6.45) is 5.78. The summed E-state index contributed by atoms with van der Waals surface area (Å²) in [5, 5.41) is -0.507. The number of esters is 1. The maximum Gasteiger partial charge on any atom is 0.306 e. The van der Waals surface area contributed by atoms with Crippen molar-refractivity contribution in [3.8, 4) is 0 Å². The molecule has 3 nitrogen and oxygen atoms in total. The average molecular weight is 219 g/mol. The molecule has 0 fully saturated rings. The summed E-state index contributed by atoms with van der Waals surface area (Å²) in [7, 11) is 0. The summed E-state index contributed by atoms with van der Waals surface area (Å²) in [4.78, 5) is 21.2. The molecule has 0 saturated heterocycles. The molecule has 0 aliphatic carbocycles. The van der Waals surface area contributed by atoms with E-state index in [-0.39, 0.29) is 18.8 Å². The Bertz CT molecular complexity index is 211. The molecule has 0 unspecified atom stereocenters. The number of halogens is 1. The molecule has 0 aromatic carbocycles. The van der Waals surface area contributed by atoms with E-state index >= 15 is 0 Å². The van der Waals surface area contributed by atoms with E-state index in [1.54, 1.807) is 0 Å². The average Bonchev–Trinajstić information content (AvgIpc) is 2.14. The number of carbonyl (C=O) groups is 2. The second-order valence-corrected chi connectivity index (χ2v) is 3.17. The lowest BCUT2D eigenvalue weighted by Gasteiger charge is -2.00. The van der Waals surface area contributed by atoms with Crippen LogP contribution in [0.2, 0.25) is 0 Å². The summed E-state index contributed by atoms with van der Waals surface area (Å²) in [5.41, 5.74) is 0. The summed E-state index contributed by atoms with van der Waals surface area (Å²) < 4.78 is 4.84. The Labute approximate surface area is 89.1 Å². The van der Waals surface area contributed by atoms with Gasteiger partial charge in [0.1, 0.15) is 0 Å². The lowest BCUT2D eigenvalue weighted by Crippen LogP contribution is -2.06. The number of allylic oxidation sites excluding steroid dienone is 1. The molecule has 0 aromatic rings. The summed E-state index contributed by atoms with van der Waals surface area (Å²) in [6, 6.07) is 0. The summed E-state index contributed by atoms with van der Waals surface area (Å²) in [6.45, 7) is 2.40. The van der Waals surface area contributed by atoms with Gasteiger partial charge in [-0.3, -0.25) is 9.59 Å². The van der Waals surface area contributed by atoms with Gasteiger partial charge in [0.05, 0.1) is 13.0 Å². The normalized spacial score (nSPS) is 10.4. The predicted octanol–water partition coefficient (Wildman–Crippen LogP) is 2.43. The zero-order valence-electron chi connectivity index (χ0n) is 8.29. The van der Waals surface area contributed by atoms with E-state index in [9.17, 15) is 9.59 Å². The molecule has 0 amide bonds. The molecule has 0 aliphatic rings. The van der Waals surface area contributed by atoms with Crippen molar-refractivity contribution >= 4 is 22.8 Å². The first-order chi connectivity index (χ1) is 6.66. The Morgan fingerprint density at radius 2 is 2.00 bits per heavy atom. The smallest absolute Gasteiger partial charge is 0.306 e. The Morgan fingerprint density at radius 1 is 1.29 bits per heavy atom. The van der Waals surface area contributed by atoms with E-state index in [1.165, 1.54) is 0 Å². The summed E-state index contributed by atoms with van der Waals surface area (Å²) >= 11 is 5.07. The first kappa shape index (κ1) is 13.2. The molecule has 14 heavy (non-hydrogen) atoms. The molecule has 0 N–H and O–H groups in total. The van der Waals surface area contributed by atoms with Gasteiger partial charge in [0.2, 0.25) is 5.24 Å². The van der Waals surface area contributed by atoms with Crippen LogP contribution in [0, 0.1) is 0 Å². The van der Waals surface area contributed by atoms with Crippen molar-refractivity contribution in [1.29, 1.82) is 0 Å². The third-order valence-electron chi connectivity index (χ3n) is 1.48. The van der Waals surface area contributed by atoms with Gasteiger partial charge in [-0.15, -0.1) is 0 Å². The lowest BCUT2D eigenvalue weighted by atomic mass is 10.3. The van der Waals surface area contributed by atoms with Crippen LogP contribution in [0.4, 0.5) is 0 Å². The maximum absolute atomic E-state index is 10.9. The topological polar surface area (TPSA) is 43.4 Å². The van der Waals surface area contributed by atoms with Crippen molar-refractivity contribution in [3.63, 3.8) is 0 Å². The Balaban J connectivity index is 3.35. The number of rotatable bonds is 7. The van der Waals surface area contributed by atoms with Crippen LogP contribution in [0.5, 0.6) is 0 Å². The SMILES string of the molecule is CC/C=C\CCOC(=O)CCC(=O)Cl. The van der Waals surface area contributed by atoms with Crippen LogP contribution in [0.25, 0.3) is 0 Å². The van der Waals surface area contributed by atoms with Gasteiger partial charge in [-0.2, -0.15) is 0 Å². The highest BCUT2D eigenvalue weighted by Gasteiger charge is 2.04. The highest BCUT2D eigenvalue weighted by molar-refractivity contribution is 6.63. The number of carbonyl (C=O) groups excluding carboxylic acids is 2. The van der Waals surface area contributed by atoms with Crippen molar-refractivity contribution in [1.82, 2.24) is 0 Å². The van der Waals surface area contributed by atoms with Gasteiger partial charge in [-0.25, -0.2) is 0 Å². The summed E-state index contributed by atoms with van der Waals surface area (Å²) in [5.74, 6) is -0.371. The molecule has 0 atom stereocenters. The predicted molar refractivity (Wildman–Crippen MR) is 55.1 cm³/mol. The van der Waals surface area contributed by atoms with E-state index in [0.717, 1.165) is 6.42 Å². The van der Waals surface area contributed by atoms with Crippen LogP contribution in [0.1, 0.15) is 32.6 Å². The van der Waals surface area contributed by atoms with Crippen LogP contribution in [-0.4, -0.2) is 17.8 Å². The van der Waals surface area contributed by atoms with Gasteiger partial charge in [0.25, 0.3) is 0 Å². The second kappa shape index (κ2) is 8.75. The molecule has 0 aromatic heterocycles. The monoisotopic (exact) mass is 218 g/mol. The van der Waals surface area contributed by atoms with Gasteiger partial charge < -0.3 is 4.74 Å². The number of hydrogen-bond acceptors (Lipinski definition) is 3. The van der Waals surface area contributed by atoms with Crippen molar-refractivity contribution in [3.05, 3.63) is 12.2 Å². The van der Waals surface area contributed by atoms with E-state index in [2.05, 4.69) is 0 Å².